The molecule has 2 aromatic rings. The number of nitriles is 1. The highest BCUT2D eigenvalue weighted by Gasteiger charge is 2.37. The molecule has 2 amide bonds. The third kappa shape index (κ3) is 4.69. The lowest BCUT2D eigenvalue weighted by Crippen LogP contribution is -2.58. The van der Waals surface area contributed by atoms with E-state index in [1.165, 1.54) is 0 Å². The summed E-state index contributed by atoms with van der Waals surface area (Å²) in [6.45, 7) is 5.28. The first-order valence-corrected chi connectivity index (χ1v) is 10.7. The Hall–Kier alpha value is -3.40. The highest BCUT2D eigenvalue weighted by atomic mass is 16.2. The third-order valence-electron chi connectivity index (χ3n) is 6.17. The molecule has 1 atom stereocenters. The number of hydrogen-bond acceptors (Lipinski definition) is 5. The van der Waals surface area contributed by atoms with E-state index in [4.69, 9.17) is 5.73 Å². The number of likely N-dealkylation sites (N-methyl/N-ethyl adjacent to an activating group) is 1. The van der Waals surface area contributed by atoms with Gasteiger partial charge in [-0.1, -0.05) is 38.8 Å². The van der Waals surface area contributed by atoms with Crippen LogP contribution in [0.1, 0.15) is 49.0 Å². The van der Waals surface area contributed by atoms with Gasteiger partial charge in [0.05, 0.1) is 5.56 Å². The summed E-state index contributed by atoms with van der Waals surface area (Å²) in [5.41, 5.74) is 8.02. The molecule has 1 saturated heterocycles. The van der Waals surface area contributed by atoms with Crippen LogP contribution in [0.25, 0.3) is 11.1 Å². The van der Waals surface area contributed by atoms with Crippen molar-refractivity contribution in [2.75, 3.05) is 25.9 Å². The van der Waals surface area contributed by atoms with Gasteiger partial charge in [0.25, 0.3) is 5.91 Å². The van der Waals surface area contributed by atoms with E-state index in [-0.39, 0.29) is 17.6 Å². The van der Waals surface area contributed by atoms with Gasteiger partial charge in [0.2, 0.25) is 5.91 Å². The molecule has 2 heterocycles. The average Bonchev–Trinajstić information content (AvgIpc) is 2.80. The van der Waals surface area contributed by atoms with Gasteiger partial charge in [-0.15, -0.1) is 0 Å². The van der Waals surface area contributed by atoms with Crippen LogP contribution in [0.2, 0.25) is 0 Å². The van der Waals surface area contributed by atoms with Crippen LogP contribution in [-0.2, 0) is 4.79 Å². The van der Waals surface area contributed by atoms with Crippen molar-refractivity contribution in [2.24, 2.45) is 5.92 Å². The van der Waals surface area contributed by atoms with Crippen molar-refractivity contribution in [2.45, 2.75) is 39.2 Å². The number of nitrogens with zero attached hydrogens (tertiary/aromatic N) is 4. The number of hydrogen-bond donors (Lipinski definition) is 1. The summed E-state index contributed by atoms with van der Waals surface area (Å²) in [5, 5.41) is 9.22. The molecule has 1 aliphatic rings. The van der Waals surface area contributed by atoms with Crippen LogP contribution >= 0.6 is 0 Å². The molecule has 0 aliphatic carbocycles. The normalized spacial score (nSPS) is 16.5. The smallest absolute Gasteiger partial charge is 0.254 e. The Balaban J connectivity index is 1.91. The van der Waals surface area contributed by atoms with Gasteiger partial charge in [0.1, 0.15) is 17.9 Å². The number of amides is 2. The van der Waals surface area contributed by atoms with Crippen molar-refractivity contribution in [1.29, 1.82) is 5.26 Å². The van der Waals surface area contributed by atoms with Crippen molar-refractivity contribution in [1.82, 2.24) is 14.8 Å². The third-order valence-corrected chi connectivity index (χ3v) is 6.17. The van der Waals surface area contributed by atoms with Gasteiger partial charge >= 0.3 is 0 Å². The Labute approximate surface area is 183 Å². The predicted octanol–water partition coefficient (Wildman–Crippen LogP) is 3.31. The van der Waals surface area contributed by atoms with Crippen LogP contribution < -0.4 is 5.73 Å². The fraction of sp³-hybridized carbons (Fsp3) is 0.417. The number of anilines is 1. The number of benzene rings is 1. The number of pyridine rings is 1. The molecule has 3 rings (SSSR count). The van der Waals surface area contributed by atoms with Crippen LogP contribution in [0.4, 0.5) is 5.82 Å². The van der Waals surface area contributed by atoms with E-state index < -0.39 is 6.04 Å². The summed E-state index contributed by atoms with van der Waals surface area (Å²) in [6, 6.07) is 10.5. The van der Waals surface area contributed by atoms with E-state index in [1.807, 2.05) is 12.1 Å². The lowest BCUT2D eigenvalue weighted by Gasteiger charge is -2.40. The molecule has 0 spiro atoms. The zero-order valence-electron chi connectivity index (χ0n) is 18.3. The Morgan fingerprint density at radius 2 is 2.00 bits per heavy atom. The summed E-state index contributed by atoms with van der Waals surface area (Å²) in [6.07, 6.45) is 4.23. The Bertz CT molecular complexity index is 1010. The molecule has 1 aliphatic heterocycles. The van der Waals surface area contributed by atoms with Gasteiger partial charge in [-0.3, -0.25) is 9.59 Å². The number of piperazine rings is 1. The van der Waals surface area contributed by atoms with Gasteiger partial charge in [-0.2, -0.15) is 5.26 Å². The lowest BCUT2D eigenvalue weighted by molar-refractivity contribution is -0.139. The van der Waals surface area contributed by atoms with E-state index in [1.54, 1.807) is 47.3 Å². The molecule has 7 heteroatoms. The largest absolute Gasteiger partial charge is 0.383 e. The van der Waals surface area contributed by atoms with Gasteiger partial charge in [-0.05, 0) is 36.1 Å². The minimum Gasteiger partial charge on any atom is -0.383 e. The van der Waals surface area contributed by atoms with Gasteiger partial charge in [0, 0.05) is 37.5 Å². The standard InChI is InChI=1S/C24H29N5O2/c1-4-16(5-2)11-21-24(31)28(3)9-10-29(21)23(30)18-8-6-7-17(12-18)20-13-19(14-25)22(26)27-15-20/h6-8,12-13,15-16,21H,4-5,9-11H2,1-3H3,(H2,26,27). The molecule has 0 saturated carbocycles. The Morgan fingerprint density at radius 3 is 2.68 bits per heavy atom. The maximum Gasteiger partial charge on any atom is 0.254 e. The van der Waals surface area contributed by atoms with E-state index in [9.17, 15) is 14.9 Å². The van der Waals surface area contributed by atoms with Crippen molar-refractivity contribution < 1.29 is 9.59 Å². The molecule has 0 bridgehead atoms. The summed E-state index contributed by atoms with van der Waals surface area (Å²) in [4.78, 5) is 33.9. The van der Waals surface area contributed by atoms with E-state index in [0.29, 0.717) is 42.1 Å². The van der Waals surface area contributed by atoms with Crippen LogP contribution in [0, 0.1) is 17.2 Å². The molecule has 7 nitrogen and oxygen atoms in total. The molecule has 2 N–H and O–H groups in total. The first-order chi connectivity index (χ1) is 14.9. The quantitative estimate of drug-likeness (QED) is 0.774. The summed E-state index contributed by atoms with van der Waals surface area (Å²) in [5.74, 6) is 0.429. The van der Waals surface area contributed by atoms with E-state index in [0.717, 1.165) is 18.4 Å². The second-order valence-electron chi connectivity index (χ2n) is 8.04. The van der Waals surface area contributed by atoms with E-state index in [2.05, 4.69) is 18.8 Å². The van der Waals surface area contributed by atoms with Crippen molar-refractivity contribution in [3.8, 4) is 17.2 Å². The van der Waals surface area contributed by atoms with Gasteiger partial charge < -0.3 is 15.5 Å². The maximum atomic E-state index is 13.4. The zero-order valence-corrected chi connectivity index (χ0v) is 18.3. The molecule has 1 aromatic carbocycles. The van der Waals surface area contributed by atoms with Crippen molar-refractivity contribution >= 4 is 17.6 Å². The molecule has 0 radical (unpaired) electrons. The second kappa shape index (κ2) is 9.61. The molecule has 1 fully saturated rings. The summed E-state index contributed by atoms with van der Waals surface area (Å²) >= 11 is 0. The fourth-order valence-electron chi connectivity index (χ4n) is 4.04. The van der Waals surface area contributed by atoms with Crippen LogP contribution in [0.15, 0.2) is 36.5 Å². The highest BCUT2D eigenvalue weighted by Crippen LogP contribution is 2.26. The molecule has 31 heavy (non-hydrogen) atoms. The molecule has 1 aromatic heterocycles. The fourth-order valence-corrected chi connectivity index (χ4v) is 4.04. The minimum absolute atomic E-state index is 0.00375. The average molecular weight is 420 g/mol. The van der Waals surface area contributed by atoms with Crippen molar-refractivity contribution in [3.63, 3.8) is 0 Å². The van der Waals surface area contributed by atoms with E-state index >= 15 is 0 Å². The number of aromatic nitrogens is 1. The highest BCUT2D eigenvalue weighted by molar-refractivity contribution is 5.99. The summed E-state index contributed by atoms with van der Waals surface area (Å²) < 4.78 is 0. The monoisotopic (exact) mass is 419 g/mol. The molecular formula is C24H29N5O2. The Kier molecular flexibility index (Phi) is 6.91. The number of carbonyl (C=O) groups excluding carboxylic acids is 2. The first-order valence-electron chi connectivity index (χ1n) is 10.7. The van der Waals surface area contributed by atoms with Gasteiger partial charge in [0.15, 0.2) is 0 Å². The molecule has 162 valence electrons. The second-order valence-corrected chi connectivity index (χ2v) is 8.04. The molecule has 1 unspecified atom stereocenters. The maximum absolute atomic E-state index is 13.4. The van der Waals surface area contributed by atoms with Crippen LogP contribution in [0.3, 0.4) is 0 Å². The Morgan fingerprint density at radius 1 is 1.26 bits per heavy atom. The number of rotatable bonds is 6. The minimum atomic E-state index is -0.441. The first kappa shape index (κ1) is 22.3. The van der Waals surface area contributed by atoms with Crippen LogP contribution in [-0.4, -0.2) is 52.8 Å². The van der Waals surface area contributed by atoms with Crippen LogP contribution in [0.5, 0.6) is 0 Å². The predicted molar refractivity (Wildman–Crippen MR) is 120 cm³/mol. The number of nitrogen functional groups attached to an aromatic ring is 1. The topological polar surface area (TPSA) is 103 Å². The number of carbonyl (C=O) groups is 2. The lowest BCUT2D eigenvalue weighted by atomic mass is 9.92. The van der Waals surface area contributed by atoms with Crippen molar-refractivity contribution in [3.05, 3.63) is 47.7 Å². The number of nitrogens with two attached hydrogens (primary N) is 1. The SMILES string of the molecule is CCC(CC)CC1C(=O)N(C)CCN1C(=O)c1cccc(-c2cnc(N)c(C#N)c2)c1. The summed E-state index contributed by atoms with van der Waals surface area (Å²) in [7, 11) is 1.80. The molecular weight excluding hydrogens is 390 g/mol. The van der Waals surface area contributed by atoms with Gasteiger partial charge in [-0.25, -0.2) is 4.98 Å². The zero-order chi connectivity index (χ0) is 22.5.